The average Bonchev–Trinajstić information content (AvgIpc) is 2.95. The van der Waals surface area contributed by atoms with Crippen molar-refractivity contribution in [2.24, 2.45) is 17.8 Å². The second-order valence-electron chi connectivity index (χ2n) is 5.18. The third kappa shape index (κ3) is 3.14. The zero-order valence-electron chi connectivity index (χ0n) is 10.1. The van der Waals surface area contributed by atoms with Crippen LogP contribution in [0.2, 0.25) is 0 Å². The average molecular weight is 280 g/mol. The molecule has 0 aromatic rings. The molecule has 0 radical (unpaired) electrons. The number of carbonyl (C=O) groups excluding carboxylic acids is 1. The van der Waals surface area contributed by atoms with Crippen LogP contribution in [0.4, 0.5) is 4.39 Å². The molecule has 0 amide bonds. The third-order valence-electron chi connectivity index (χ3n) is 3.90. The maximum Gasteiger partial charge on any atom is 0.356 e. The molecule has 2 rings (SSSR count). The van der Waals surface area contributed by atoms with Gasteiger partial charge in [0.05, 0.1) is 18.6 Å². The van der Waals surface area contributed by atoms with E-state index in [-0.39, 0.29) is 18.6 Å². The van der Waals surface area contributed by atoms with Crippen molar-refractivity contribution < 1.29 is 28.6 Å². The second-order valence-corrected chi connectivity index (χ2v) is 6.25. The summed E-state index contributed by atoms with van der Waals surface area (Å²) < 4.78 is 22.6. The Hall–Kier alpha value is -0.370. The van der Waals surface area contributed by atoms with Crippen LogP contribution >= 0.6 is 12.0 Å². The largest absolute Gasteiger partial charge is 0.462 e. The van der Waals surface area contributed by atoms with Gasteiger partial charge in [-0.15, -0.1) is 4.33 Å². The molecule has 7 heteroatoms. The van der Waals surface area contributed by atoms with E-state index in [1.165, 1.54) is 19.3 Å². The topological polar surface area (TPSA) is 65.0 Å². The molecule has 4 atom stereocenters. The van der Waals surface area contributed by atoms with E-state index in [2.05, 4.69) is 9.37 Å². The maximum atomic E-state index is 13.7. The quantitative estimate of drug-likeness (QED) is 0.349. The number of alkyl halides is 1. The minimum absolute atomic E-state index is 0.0712. The molecular weight excluding hydrogens is 263 g/mol. The van der Waals surface area contributed by atoms with Crippen LogP contribution in [0, 0.1) is 17.8 Å². The summed E-state index contributed by atoms with van der Waals surface area (Å²) in [5, 5.41) is 8.80. The molecule has 2 bridgehead atoms. The summed E-state index contributed by atoms with van der Waals surface area (Å²) >= 11 is 0.0712. The fraction of sp³-hybridized carbons (Fsp3) is 0.909. The first-order valence-electron chi connectivity index (χ1n) is 6.05. The first-order chi connectivity index (χ1) is 8.53. The van der Waals surface area contributed by atoms with E-state index in [4.69, 9.17) is 9.99 Å². The normalized spacial score (nSPS) is 33.4. The van der Waals surface area contributed by atoms with Crippen LogP contribution in [0.5, 0.6) is 0 Å². The zero-order chi connectivity index (χ0) is 13.2. The molecule has 4 unspecified atom stereocenters. The number of rotatable bonds is 6. The van der Waals surface area contributed by atoms with Gasteiger partial charge in [-0.1, -0.05) is 11.5 Å². The van der Waals surface area contributed by atoms with Gasteiger partial charge in [0.1, 0.15) is 0 Å². The smallest absolute Gasteiger partial charge is 0.356 e. The van der Waals surface area contributed by atoms with Gasteiger partial charge in [-0.25, -0.2) is 14.4 Å². The van der Waals surface area contributed by atoms with Crippen LogP contribution in [-0.2, 0) is 18.9 Å². The van der Waals surface area contributed by atoms with Crippen molar-refractivity contribution in [2.75, 3.05) is 6.61 Å². The monoisotopic (exact) mass is 280 g/mol. The van der Waals surface area contributed by atoms with Crippen LogP contribution in [0.15, 0.2) is 0 Å². The number of carbonyl (C=O) groups is 1. The minimum Gasteiger partial charge on any atom is -0.462 e. The lowest BCUT2D eigenvalue weighted by Crippen LogP contribution is -2.31. The fourth-order valence-electron chi connectivity index (χ4n) is 3.01. The molecule has 18 heavy (non-hydrogen) atoms. The highest BCUT2D eigenvalue weighted by molar-refractivity contribution is 7.96. The molecule has 2 aliphatic carbocycles. The molecule has 0 heterocycles. The van der Waals surface area contributed by atoms with Crippen molar-refractivity contribution in [3.8, 4) is 0 Å². The number of halogens is 1. The van der Waals surface area contributed by atoms with Gasteiger partial charge in [-0.3, -0.25) is 0 Å². The van der Waals surface area contributed by atoms with Crippen LogP contribution in [0.3, 0.4) is 0 Å². The fourth-order valence-corrected chi connectivity index (χ4v) is 3.29. The van der Waals surface area contributed by atoms with E-state index in [0.717, 1.165) is 19.3 Å². The predicted molar refractivity (Wildman–Crippen MR) is 61.8 cm³/mol. The lowest BCUT2D eigenvalue weighted by molar-refractivity contribution is -0.432. The highest BCUT2D eigenvalue weighted by atomic mass is 32.2. The number of esters is 1. The summed E-state index contributed by atoms with van der Waals surface area (Å²) in [5.74, 6) is 0.741. The highest BCUT2D eigenvalue weighted by Gasteiger charge is 2.42. The van der Waals surface area contributed by atoms with Crippen LogP contribution < -0.4 is 0 Å². The Morgan fingerprint density at radius 2 is 2.28 bits per heavy atom. The molecule has 104 valence electrons. The van der Waals surface area contributed by atoms with Crippen LogP contribution in [0.1, 0.15) is 32.6 Å². The molecule has 0 aromatic heterocycles. The first-order valence-corrected chi connectivity index (χ1v) is 6.79. The Morgan fingerprint density at radius 3 is 2.83 bits per heavy atom. The Labute approximate surface area is 109 Å². The molecule has 2 aliphatic rings. The highest BCUT2D eigenvalue weighted by Crippen LogP contribution is 2.48. The lowest BCUT2D eigenvalue weighted by atomic mass is 9.90. The van der Waals surface area contributed by atoms with Gasteiger partial charge < -0.3 is 4.74 Å². The minimum atomic E-state index is -2.39. The van der Waals surface area contributed by atoms with E-state index in [1.807, 2.05) is 0 Å². The number of hydrogen-bond acceptors (Lipinski definition) is 6. The third-order valence-corrected chi connectivity index (χ3v) is 4.51. The second kappa shape index (κ2) is 5.73. The standard InChI is InChI=1S/C11H17FO5S/c1-11(12,18-17-16-14)10(13)15-6-9-5-7-2-3-8(9)4-7/h7-9,14H,2-6H2,1H3. The first kappa shape index (κ1) is 14.0. The van der Waals surface area contributed by atoms with E-state index in [0.29, 0.717) is 11.8 Å². The van der Waals surface area contributed by atoms with Crippen LogP contribution in [0.25, 0.3) is 0 Å². The van der Waals surface area contributed by atoms with E-state index < -0.39 is 11.0 Å². The van der Waals surface area contributed by atoms with Crippen molar-refractivity contribution in [2.45, 2.75) is 37.6 Å². The predicted octanol–water partition coefficient (Wildman–Crippen LogP) is 2.72. The molecule has 5 nitrogen and oxygen atoms in total. The summed E-state index contributed by atoms with van der Waals surface area (Å²) in [6.45, 7) is 1.26. The molecule has 0 saturated heterocycles. The molecule has 2 saturated carbocycles. The molecular formula is C11H17FO5S. The van der Waals surface area contributed by atoms with Crippen molar-refractivity contribution in [1.82, 2.24) is 0 Å². The van der Waals surface area contributed by atoms with Crippen molar-refractivity contribution in [1.29, 1.82) is 0 Å². The SMILES string of the molecule is CC(F)(SOOO)C(=O)OCC1CC2CCC1C2. The van der Waals surface area contributed by atoms with E-state index >= 15 is 0 Å². The van der Waals surface area contributed by atoms with E-state index in [9.17, 15) is 9.18 Å². The number of ether oxygens (including phenoxy) is 1. The Balaban J connectivity index is 1.74. The van der Waals surface area contributed by atoms with Gasteiger partial charge >= 0.3 is 5.97 Å². The summed E-state index contributed by atoms with van der Waals surface area (Å²) in [6, 6.07) is 0. The van der Waals surface area contributed by atoms with E-state index in [1.54, 1.807) is 0 Å². The summed E-state index contributed by atoms with van der Waals surface area (Å²) in [7, 11) is 0. The molecule has 0 aromatic carbocycles. The Kier molecular flexibility index (Phi) is 4.47. The van der Waals surface area contributed by atoms with Crippen LogP contribution in [-0.4, -0.2) is 22.8 Å². The summed E-state index contributed by atoms with van der Waals surface area (Å²) in [4.78, 5) is 11.5. The Bertz CT molecular complexity index is 312. The molecule has 2 fully saturated rings. The molecule has 0 spiro atoms. The van der Waals surface area contributed by atoms with Crippen molar-refractivity contribution in [3.05, 3.63) is 0 Å². The van der Waals surface area contributed by atoms with Gasteiger partial charge in [0.25, 0.3) is 5.00 Å². The summed E-state index contributed by atoms with van der Waals surface area (Å²) in [5.41, 5.74) is 0. The van der Waals surface area contributed by atoms with Gasteiger partial charge in [0, 0.05) is 0 Å². The van der Waals surface area contributed by atoms with Gasteiger partial charge in [0.15, 0.2) is 0 Å². The maximum absolute atomic E-state index is 13.7. The van der Waals surface area contributed by atoms with Gasteiger partial charge in [-0.2, -0.15) is 0 Å². The zero-order valence-corrected chi connectivity index (χ0v) is 11.0. The Morgan fingerprint density at radius 1 is 1.50 bits per heavy atom. The molecule has 1 N–H and O–H groups in total. The van der Waals surface area contributed by atoms with Crippen molar-refractivity contribution in [3.63, 3.8) is 0 Å². The number of fused-ring (bicyclic) bond motifs is 2. The van der Waals surface area contributed by atoms with Crippen molar-refractivity contribution >= 4 is 18.0 Å². The molecule has 0 aliphatic heterocycles. The lowest BCUT2D eigenvalue weighted by Gasteiger charge is -2.23. The summed E-state index contributed by atoms with van der Waals surface area (Å²) in [6.07, 6.45) is 4.75. The van der Waals surface area contributed by atoms with Gasteiger partial charge in [0.2, 0.25) is 0 Å². The van der Waals surface area contributed by atoms with Gasteiger partial charge in [-0.05, 0) is 43.9 Å². The number of hydrogen-bond donors (Lipinski definition) is 1.